The lowest BCUT2D eigenvalue weighted by molar-refractivity contribution is -0.393. The zero-order chi connectivity index (χ0) is 23.1. The molecule has 0 bridgehead atoms. The molecule has 0 amide bonds. The molecule has 0 saturated heterocycles. The highest BCUT2D eigenvalue weighted by molar-refractivity contribution is 5.82. The number of benzene rings is 3. The molecular weight excluding hydrogens is 423 g/mol. The molecule has 0 aliphatic rings. The molecule has 3 rings (SSSR count). The van der Waals surface area contributed by atoms with Crippen molar-refractivity contribution in [3.8, 4) is 11.5 Å². The zero-order valence-corrected chi connectivity index (χ0v) is 16.7. The monoisotopic (exact) mass is 440 g/mol. The van der Waals surface area contributed by atoms with Gasteiger partial charge in [0.2, 0.25) is 0 Å². The van der Waals surface area contributed by atoms with Crippen molar-refractivity contribution in [2.24, 2.45) is 5.10 Å². The van der Waals surface area contributed by atoms with Crippen LogP contribution in [0.4, 0.5) is 21.5 Å². The van der Waals surface area contributed by atoms with Crippen molar-refractivity contribution in [3.05, 3.63) is 97.8 Å². The molecule has 0 unspecified atom stereocenters. The van der Waals surface area contributed by atoms with Crippen LogP contribution >= 0.6 is 0 Å². The zero-order valence-electron chi connectivity index (χ0n) is 16.7. The van der Waals surface area contributed by atoms with Crippen LogP contribution in [0.2, 0.25) is 0 Å². The van der Waals surface area contributed by atoms with E-state index < -0.39 is 21.2 Å². The number of rotatable bonds is 9. The molecule has 0 aromatic heterocycles. The molecule has 0 saturated carbocycles. The second-order valence-electron chi connectivity index (χ2n) is 6.41. The van der Waals surface area contributed by atoms with E-state index in [2.05, 4.69) is 10.5 Å². The Morgan fingerprint density at radius 2 is 1.84 bits per heavy atom. The Kier molecular flexibility index (Phi) is 6.91. The third-order valence-corrected chi connectivity index (χ3v) is 4.26. The molecule has 11 heteroatoms. The van der Waals surface area contributed by atoms with Gasteiger partial charge in [0.15, 0.2) is 11.5 Å². The van der Waals surface area contributed by atoms with Gasteiger partial charge in [-0.25, -0.2) is 4.39 Å². The van der Waals surface area contributed by atoms with E-state index in [0.717, 1.165) is 12.1 Å². The summed E-state index contributed by atoms with van der Waals surface area (Å²) in [6.45, 7) is 0.146. The number of nitrogens with one attached hydrogen (secondary N) is 1. The fourth-order valence-corrected chi connectivity index (χ4v) is 2.73. The minimum atomic E-state index is -0.737. The minimum absolute atomic E-state index is 0.00105. The maximum Gasteiger partial charge on any atom is 0.301 e. The van der Waals surface area contributed by atoms with Gasteiger partial charge < -0.3 is 9.47 Å². The van der Waals surface area contributed by atoms with Gasteiger partial charge in [-0.05, 0) is 47.5 Å². The summed E-state index contributed by atoms with van der Waals surface area (Å²) in [4.78, 5) is 20.5. The highest BCUT2D eigenvalue weighted by Gasteiger charge is 2.19. The summed E-state index contributed by atoms with van der Waals surface area (Å²) in [5.41, 5.74) is 2.89. The average Bonchev–Trinajstić information content (AvgIpc) is 2.78. The van der Waals surface area contributed by atoms with E-state index in [1.165, 1.54) is 31.5 Å². The Morgan fingerprint density at radius 3 is 2.53 bits per heavy atom. The summed E-state index contributed by atoms with van der Waals surface area (Å²) in [5, 5.41) is 25.9. The third-order valence-electron chi connectivity index (χ3n) is 4.26. The molecule has 0 fully saturated rings. The van der Waals surface area contributed by atoms with Gasteiger partial charge in [-0.15, -0.1) is 0 Å². The Morgan fingerprint density at radius 1 is 1.03 bits per heavy atom. The Bertz CT molecular complexity index is 1180. The first-order valence-corrected chi connectivity index (χ1v) is 9.14. The van der Waals surface area contributed by atoms with Crippen molar-refractivity contribution < 1.29 is 23.7 Å². The lowest BCUT2D eigenvalue weighted by Crippen LogP contribution is -2.00. The summed E-state index contributed by atoms with van der Waals surface area (Å²) in [6, 6.07) is 14.2. The van der Waals surface area contributed by atoms with Crippen molar-refractivity contribution in [3.63, 3.8) is 0 Å². The van der Waals surface area contributed by atoms with Crippen LogP contribution in [-0.4, -0.2) is 23.2 Å². The maximum atomic E-state index is 13.3. The van der Waals surface area contributed by atoms with Crippen molar-refractivity contribution in [1.29, 1.82) is 0 Å². The summed E-state index contributed by atoms with van der Waals surface area (Å²) < 4.78 is 24.3. The minimum Gasteiger partial charge on any atom is -0.493 e. The van der Waals surface area contributed by atoms with Gasteiger partial charge in [0.1, 0.15) is 18.1 Å². The molecule has 0 aliphatic heterocycles. The molecule has 0 atom stereocenters. The van der Waals surface area contributed by atoms with E-state index in [1.807, 2.05) is 0 Å². The van der Waals surface area contributed by atoms with Crippen LogP contribution < -0.4 is 14.9 Å². The quantitative estimate of drug-likeness (QED) is 0.291. The number of non-ortho nitro benzene ring substituents is 1. The third kappa shape index (κ3) is 5.53. The van der Waals surface area contributed by atoms with Crippen LogP contribution in [0.15, 0.2) is 65.8 Å². The van der Waals surface area contributed by atoms with Crippen molar-refractivity contribution in [1.82, 2.24) is 0 Å². The predicted molar refractivity (Wildman–Crippen MR) is 115 cm³/mol. The number of hydrogen-bond donors (Lipinski definition) is 1. The first-order valence-electron chi connectivity index (χ1n) is 9.14. The standard InChI is InChI=1S/C21H17FN4O6/c1-31-21-10-14(5-8-20(21)32-13-15-3-2-4-16(22)9-15)12-23-24-18-7-6-17(25(27)28)11-19(18)26(29)30/h2-12,24H,13H2,1H3/b23-12+. The summed E-state index contributed by atoms with van der Waals surface area (Å²) in [5.74, 6) is 0.491. The molecule has 0 aliphatic carbocycles. The lowest BCUT2D eigenvalue weighted by Gasteiger charge is -2.11. The molecule has 0 spiro atoms. The highest BCUT2D eigenvalue weighted by Crippen LogP contribution is 2.30. The van der Waals surface area contributed by atoms with Gasteiger partial charge in [0.25, 0.3) is 5.69 Å². The molecule has 3 aromatic carbocycles. The predicted octanol–water partition coefficient (Wildman–Crippen LogP) is 4.68. The number of anilines is 1. The Hall–Kier alpha value is -4.54. The number of nitro groups is 2. The smallest absolute Gasteiger partial charge is 0.301 e. The van der Waals surface area contributed by atoms with Crippen LogP contribution in [0.3, 0.4) is 0 Å². The number of hydrazone groups is 1. The van der Waals surface area contributed by atoms with Crippen molar-refractivity contribution in [2.45, 2.75) is 6.61 Å². The number of ether oxygens (including phenoxy) is 2. The van der Waals surface area contributed by atoms with Gasteiger partial charge in [-0.2, -0.15) is 5.10 Å². The maximum absolute atomic E-state index is 13.3. The largest absolute Gasteiger partial charge is 0.493 e. The second kappa shape index (κ2) is 9.98. The first-order chi connectivity index (χ1) is 15.4. The first kappa shape index (κ1) is 22.2. The van der Waals surface area contributed by atoms with Crippen LogP contribution in [0.5, 0.6) is 11.5 Å². The normalized spacial score (nSPS) is 10.7. The highest BCUT2D eigenvalue weighted by atomic mass is 19.1. The molecular formula is C21H17FN4O6. The summed E-state index contributed by atoms with van der Waals surface area (Å²) >= 11 is 0. The van der Waals surface area contributed by atoms with E-state index in [1.54, 1.807) is 30.3 Å². The Labute approximate surface area is 181 Å². The van der Waals surface area contributed by atoms with E-state index in [0.29, 0.717) is 22.6 Å². The fourth-order valence-electron chi connectivity index (χ4n) is 2.73. The molecule has 0 radical (unpaired) electrons. The number of hydrogen-bond acceptors (Lipinski definition) is 8. The van der Waals surface area contributed by atoms with E-state index in [9.17, 15) is 24.6 Å². The van der Waals surface area contributed by atoms with Gasteiger partial charge in [-0.3, -0.25) is 25.7 Å². The average molecular weight is 440 g/mol. The topological polar surface area (TPSA) is 129 Å². The molecule has 32 heavy (non-hydrogen) atoms. The van der Waals surface area contributed by atoms with Gasteiger partial charge in [-0.1, -0.05) is 12.1 Å². The van der Waals surface area contributed by atoms with Crippen LogP contribution in [0.25, 0.3) is 0 Å². The van der Waals surface area contributed by atoms with Gasteiger partial charge in [0, 0.05) is 6.07 Å². The summed E-state index contributed by atoms with van der Waals surface area (Å²) in [7, 11) is 1.46. The van der Waals surface area contributed by atoms with Crippen LogP contribution in [-0.2, 0) is 6.61 Å². The van der Waals surface area contributed by atoms with E-state index >= 15 is 0 Å². The number of nitro benzene ring substituents is 2. The van der Waals surface area contributed by atoms with Crippen molar-refractivity contribution >= 4 is 23.3 Å². The van der Waals surface area contributed by atoms with Crippen LogP contribution in [0, 0.1) is 26.0 Å². The lowest BCUT2D eigenvalue weighted by atomic mass is 10.2. The second-order valence-corrected chi connectivity index (χ2v) is 6.41. The SMILES string of the molecule is COc1cc(/C=N/Nc2ccc([N+](=O)[O-])cc2[N+](=O)[O-])ccc1OCc1cccc(F)c1. The van der Waals surface area contributed by atoms with E-state index in [4.69, 9.17) is 9.47 Å². The van der Waals surface area contributed by atoms with Crippen molar-refractivity contribution in [2.75, 3.05) is 12.5 Å². The number of nitrogens with zero attached hydrogens (tertiary/aromatic N) is 3. The number of methoxy groups -OCH3 is 1. The van der Waals surface area contributed by atoms with E-state index in [-0.39, 0.29) is 18.1 Å². The number of halogens is 1. The summed E-state index contributed by atoms with van der Waals surface area (Å²) in [6.07, 6.45) is 1.39. The fraction of sp³-hybridized carbons (Fsp3) is 0.0952. The molecule has 3 aromatic rings. The van der Waals surface area contributed by atoms with Crippen LogP contribution in [0.1, 0.15) is 11.1 Å². The molecule has 0 heterocycles. The van der Waals surface area contributed by atoms with Gasteiger partial charge >= 0.3 is 5.69 Å². The molecule has 1 N–H and O–H groups in total. The molecule has 164 valence electrons. The molecule has 10 nitrogen and oxygen atoms in total. The Balaban J connectivity index is 1.71. The van der Waals surface area contributed by atoms with Gasteiger partial charge in [0.05, 0.1) is 29.2 Å².